The van der Waals surface area contributed by atoms with Crippen LogP contribution in [0.3, 0.4) is 0 Å². The van der Waals surface area contributed by atoms with Crippen molar-refractivity contribution in [1.29, 1.82) is 0 Å². The molecule has 0 aromatic carbocycles. The third-order valence-electron chi connectivity index (χ3n) is 2.54. The van der Waals surface area contributed by atoms with Gasteiger partial charge < -0.3 is 0 Å². The van der Waals surface area contributed by atoms with Crippen molar-refractivity contribution in [2.24, 2.45) is 5.41 Å². The van der Waals surface area contributed by atoms with Crippen LogP contribution in [0.4, 0.5) is 0 Å². The van der Waals surface area contributed by atoms with Crippen LogP contribution in [0.15, 0.2) is 12.2 Å². The van der Waals surface area contributed by atoms with Crippen molar-refractivity contribution in [3.8, 4) is 0 Å². The number of hydrogen-bond donors (Lipinski definition) is 0. The fraction of sp³-hybridized carbons (Fsp3) is 0.846. The molecule has 0 nitrogen and oxygen atoms in total. The van der Waals surface area contributed by atoms with Crippen molar-refractivity contribution in [3.05, 3.63) is 12.2 Å². The smallest absolute Gasteiger partial charge is 0.0302 e. The second-order valence-corrected chi connectivity index (χ2v) is 6.51. The van der Waals surface area contributed by atoms with E-state index in [2.05, 4.69) is 34.3 Å². The molecule has 0 saturated heterocycles. The van der Waals surface area contributed by atoms with Gasteiger partial charge in [-0.15, -0.1) is 15.2 Å². The Hall–Kier alpha value is 0.170. The van der Waals surface area contributed by atoms with Crippen LogP contribution in [-0.4, -0.2) is 12.3 Å². The molecule has 0 fully saturated rings. The molecule has 0 heterocycles. The molecule has 0 aliphatic heterocycles. The monoisotopic (exact) mass is 214 g/mol. The topological polar surface area (TPSA) is 0 Å². The van der Waals surface area contributed by atoms with E-state index in [-0.39, 0.29) is 0 Å². The minimum atomic E-state index is 0.533. The maximum Gasteiger partial charge on any atom is -0.0302 e. The summed E-state index contributed by atoms with van der Waals surface area (Å²) in [6, 6.07) is 0. The van der Waals surface area contributed by atoms with Crippen molar-refractivity contribution in [2.45, 2.75) is 53.4 Å². The van der Waals surface area contributed by atoms with E-state index in [0.29, 0.717) is 5.41 Å². The highest BCUT2D eigenvalue weighted by molar-refractivity contribution is 7.38. The Morgan fingerprint density at radius 1 is 1.36 bits per heavy atom. The molecule has 1 atom stereocenters. The Morgan fingerprint density at radius 3 is 2.50 bits per heavy atom. The molecule has 0 spiro atoms. The van der Waals surface area contributed by atoms with Gasteiger partial charge >= 0.3 is 0 Å². The Bertz CT molecular complexity index is 159. The average Bonchev–Trinajstić information content (AvgIpc) is 2.10. The fourth-order valence-corrected chi connectivity index (χ4v) is 3.00. The standard InChI is InChI=1S/C13H27P/c1-6-7-10-14-11-13(4,5)9-8-12(2)3/h14H,2,6-11H2,1,3-5H3. The summed E-state index contributed by atoms with van der Waals surface area (Å²) < 4.78 is 0. The van der Waals surface area contributed by atoms with E-state index in [1.54, 1.807) is 0 Å². The Kier molecular flexibility index (Phi) is 7.55. The molecule has 0 saturated carbocycles. The lowest BCUT2D eigenvalue weighted by molar-refractivity contribution is 0.385. The van der Waals surface area contributed by atoms with E-state index in [4.69, 9.17) is 0 Å². The lowest BCUT2D eigenvalue weighted by Gasteiger charge is -2.24. The molecule has 0 aliphatic rings. The molecule has 14 heavy (non-hydrogen) atoms. The predicted octanol–water partition coefficient (Wildman–Crippen LogP) is 4.85. The highest BCUT2D eigenvalue weighted by Crippen LogP contribution is 2.31. The maximum absolute atomic E-state index is 3.97. The van der Waals surface area contributed by atoms with Gasteiger partial charge in [-0.1, -0.05) is 32.8 Å². The Morgan fingerprint density at radius 2 is 2.00 bits per heavy atom. The first-order valence-corrected chi connectivity index (χ1v) is 7.24. The highest BCUT2D eigenvalue weighted by atomic mass is 31.1. The van der Waals surface area contributed by atoms with Crippen molar-refractivity contribution < 1.29 is 0 Å². The van der Waals surface area contributed by atoms with Crippen LogP contribution in [0.1, 0.15) is 53.4 Å². The summed E-state index contributed by atoms with van der Waals surface area (Å²) in [5, 5.41) is 0. The number of allylic oxidation sites excluding steroid dienone is 1. The molecule has 0 radical (unpaired) electrons. The minimum Gasteiger partial charge on any atom is -0.122 e. The summed E-state index contributed by atoms with van der Waals surface area (Å²) in [5.41, 5.74) is 1.86. The summed E-state index contributed by atoms with van der Waals surface area (Å²) in [6.45, 7) is 13.2. The van der Waals surface area contributed by atoms with E-state index in [9.17, 15) is 0 Å². The predicted molar refractivity (Wildman–Crippen MR) is 70.8 cm³/mol. The summed E-state index contributed by atoms with van der Waals surface area (Å²) in [5.74, 6) is 0. The SMILES string of the molecule is C=C(C)CCC(C)(C)CPCCCC. The lowest BCUT2D eigenvalue weighted by Crippen LogP contribution is -2.14. The van der Waals surface area contributed by atoms with Gasteiger partial charge in [-0.05, 0) is 43.9 Å². The van der Waals surface area contributed by atoms with Crippen LogP contribution >= 0.6 is 8.58 Å². The van der Waals surface area contributed by atoms with Crippen LogP contribution in [0.25, 0.3) is 0 Å². The number of unbranched alkanes of at least 4 members (excludes halogenated alkanes) is 1. The maximum atomic E-state index is 3.97. The second-order valence-electron chi connectivity index (χ2n) is 5.15. The quantitative estimate of drug-likeness (QED) is 0.308. The van der Waals surface area contributed by atoms with Gasteiger partial charge in [-0.2, -0.15) is 0 Å². The molecular weight excluding hydrogens is 187 g/mol. The van der Waals surface area contributed by atoms with Gasteiger partial charge in [-0.25, -0.2) is 0 Å². The normalized spacial score (nSPS) is 12.6. The Balaban J connectivity index is 3.55. The van der Waals surface area contributed by atoms with Crippen molar-refractivity contribution in [2.75, 3.05) is 12.3 Å². The lowest BCUT2D eigenvalue weighted by atomic mass is 9.89. The minimum absolute atomic E-state index is 0.533. The molecule has 0 aromatic heterocycles. The van der Waals surface area contributed by atoms with E-state index in [1.165, 1.54) is 43.6 Å². The van der Waals surface area contributed by atoms with Gasteiger partial charge in [-0.3, -0.25) is 0 Å². The summed E-state index contributed by atoms with van der Waals surface area (Å²) >= 11 is 0. The first-order chi connectivity index (χ1) is 6.48. The molecule has 0 N–H and O–H groups in total. The third-order valence-corrected chi connectivity index (χ3v) is 4.45. The summed E-state index contributed by atoms with van der Waals surface area (Å²) in [7, 11) is 1.16. The fourth-order valence-electron chi connectivity index (χ4n) is 1.37. The van der Waals surface area contributed by atoms with Crippen LogP contribution in [0.5, 0.6) is 0 Å². The van der Waals surface area contributed by atoms with Crippen molar-refractivity contribution >= 4 is 8.58 Å². The first-order valence-electron chi connectivity index (χ1n) is 5.83. The van der Waals surface area contributed by atoms with Crippen LogP contribution in [0, 0.1) is 5.41 Å². The summed E-state index contributed by atoms with van der Waals surface area (Å²) in [6.07, 6.45) is 8.11. The van der Waals surface area contributed by atoms with Gasteiger partial charge in [0.05, 0.1) is 0 Å². The molecule has 1 heteroatoms. The van der Waals surface area contributed by atoms with Gasteiger partial charge in [0.2, 0.25) is 0 Å². The third kappa shape index (κ3) is 8.75. The molecular formula is C13H27P. The molecule has 1 unspecified atom stereocenters. The van der Waals surface area contributed by atoms with Crippen LogP contribution < -0.4 is 0 Å². The second kappa shape index (κ2) is 7.46. The molecule has 0 bridgehead atoms. The van der Waals surface area contributed by atoms with Crippen molar-refractivity contribution in [1.82, 2.24) is 0 Å². The highest BCUT2D eigenvalue weighted by Gasteiger charge is 2.16. The zero-order chi connectivity index (χ0) is 11.0. The largest absolute Gasteiger partial charge is 0.122 e. The van der Waals surface area contributed by atoms with Crippen LogP contribution in [0.2, 0.25) is 0 Å². The van der Waals surface area contributed by atoms with Gasteiger partial charge in [0.15, 0.2) is 0 Å². The molecule has 0 aromatic rings. The first kappa shape index (κ1) is 14.2. The van der Waals surface area contributed by atoms with E-state index >= 15 is 0 Å². The van der Waals surface area contributed by atoms with Gasteiger partial charge in [0.1, 0.15) is 0 Å². The summed E-state index contributed by atoms with van der Waals surface area (Å²) in [4.78, 5) is 0. The van der Waals surface area contributed by atoms with Gasteiger partial charge in [0.25, 0.3) is 0 Å². The molecule has 84 valence electrons. The zero-order valence-electron chi connectivity index (χ0n) is 10.4. The molecule has 0 amide bonds. The zero-order valence-corrected chi connectivity index (χ0v) is 11.4. The van der Waals surface area contributed by atoms with E-state index < -0.39 is 0 Å². The average molecular weight is 214 g/mol. The van der Waals surface area contributed by atoms with Gasteiger partial charge in [0, 0.05) is 0 Å². The van der Waals surface area contributed by atoms with E-state index in [0.717, 1.165) is 8.58 Å². The number of hydrogen-bond acceptors (Lipinski definition) is 0. The van der Waals surface area contributed by atoms with E-state index in [1.807, 2.05) is 0 Å². The Labute approximate surface area is 92.3 Å². The molecule has 0 rings (SSSR count). The molecule has 0 aliphatic carbocycles. The number of rotatable bonds is 8. The van der Waals surface area contributed by atoms with Crippen LogP contribution in [-0.2, 0) is 0 Å². The van der Waals surface area contributed by atoms with Crippen molar-refractivity contribution in [3.63, 3.8) is 0 Å².